The van der Waals surface area contributed by atoms with Crippen LogP contribution in [-0.2, 0) is 14.2 Å². The molecule has 0 saturated carbocycles. The van der Waals surface area contributed by atoms with Gasteiger partial charge in [-0.2, -0.15) is 0 Å². The van der Waals surface area contributed by atoms with Crippen molar-refractivity contribution in [2.24, 2.45) is 4.99 Å². The van der Waals surface area contributed by atoms with Crippen LogP contribution in [0.3, 0.4) is 0 Å². The minimum atomic E-state index is -0.114. The minimum absolute atomic E-state index is 0.114. The average molecular weight is 361 g/mol. The van der Waals surface area contributed by atoms with E-state index in [4.69, 9.17) is 19.6 Å². The van der Waals surface area contributed by atoms with Crippen molar-refractivity contribution < 1.29 is 14.2 Å². The van der Waals surface area contributed by atoms with E-state index in [0.717, 1.165) is 81.6 Å². The van der Waals surface area contributed by atoms with Crippen molar-refractivity contribution in [1.29, 1.82) is 5.41 Å². The predicted octanol–water partition coefficient (Wildman–Crippen LogP) is 0.534. The van der Waals surface area contributed by atoms with Crippen LogP contribution < -0.4 is 5.32 Å². The van der Waals surface area contributed by atoms with Crippen molar-refractivity contribution in [1.82, 2.24) is 15.1 Å². The number of nitrogens with one attached hydrogen (secondary N) is 2. The Balaban J connectivity index is 1.37. The maximum atomic E-state index is 8.21. The summed E-state index contributed by atoms with van der Waals surface area (Å²) in [7, 11) is 1.67. The van der Waals surface area contributed by atoms with Gasteiger partial charge in [0.05, 0.1) is 32.6 Å². The lowest BCUT2D eigenvalue weighted by atomic mass is 9.96. The van der Waals surface area contributed by atoms with Crippen LogP contribution in [0.4, 0.5) is 0 Å². The molecule has 2 fully saturated rings. The van der Waals surface area contributed by atoms with Gasteiger partial charge >= 0.3 is 0 Å². The van der Waals surface area contributed by atoms with Gasteiger partial charge in [0.2, 0.25) is 5.96 Å². The number of ether oxygens (including phenoxy) is 3. The molecule has 4 rings (SSSR count). The van der Waals surface area contributed by atoms with Gasteiger partial charge in [0.1, 0.15) is 17.7 Å². The summed E-state index contributed by atoms with van der Waals surface area (Å²) >= 11 is 0. The lowest BCUT2D eigenvalue weighted by Gasteiger charge is -2.35. The van der Waals surface area contributed by atoms with Crippen LogP contribution in [0.25, 0.3) is 0 Å². The van der Waals surface area contributed by atoms with E-state index in [1.165, 1.54) is 0 Å². The molecular formula is C18H27N5O3. The Labute approximate surface area is 154 Å². The molecule has 0 amide bonds. The quantitative estimate of drug-likeness (QED) is 0.672. The molecule has 1 unspecified atom stereocenters. The van der Waals surface area contributed by atoms with Gasteiger partial charge in [0.25, 0.3) is 0 Å². The molecule has 0 radical (unpaired) electrons. The monoisotopic (exact) mass is 361 g/mol. The third kappa shape index (κ3) is 3.36. The Hall–Kier alpha value is -1.90. The molecule has 142 valence electrons. The maximum absolute atomic E-state index is 8.21. The van der Waals surface area contributed by atoms with E-state index >= 15 is 0 Å². The Morgan fingerprint density at radius 3 is 3.00 bits per heavy atom. The number of aliphatic imine (C=N–C) groups is 1. The topological polar surface area (TPSA) is 82.4 Å². The standard InChI is InChI=1S/C18H27N5O3/c1-24-16-14(26-10-2-6-22-8-11-25-12-9-22)4-3-13-15(16)21-18(19)23-7-5-20-17(13)23/h3,14H,2,4-12H2,1H3,(H2,19,21). The fraction of sp³-hybridized carbons (Fsp3) is 0.667. The molecule has 0 spiro atoms. The summed E-state index contributed by atoms with van der Waals surface area (Å²) in [6.07, 6.45) is 3.79. The zero-order chi connectivity index (χ0) is 17.9. The smallest absolute Gasteiger partial charge is 0.201 e. The lowest BCUT2D eigenvalue weighted by Crippen LogP contribution is -2.50. The number of nitrogens with zero attached hydrogens (tertiary/aromatic N) is 3. The van der Waals surface area contributed by atoms with Crippen molar-refractivity contribution in [3.8, 4) is 0 Å². The molecular weight excluding hydrogens is 334 g/mol. The Kier molecular flexibility index (Phi) is 5.23. The van der Waals surface area contributed by atoms with Crippen molar-refractivity contribution in [2.75, 3.05) is 59.7 Å². The second-order valence-corrected chi connectivity index (χ2v) is 6.79. The SMILES string of the molecule is COC1=C2NC(=N)N3CCN=C3C2=CCC1OCCCN1CCOCC1. The van der Waals surface area contributed by atoms with Crippen LogP contribution in [0.2, 0.25) is 0 Å². The first kappa shape index (κ1) is 17.5. The van der Waals surface area contributed by atoms with E-state index in [1.54, 1.807) is 7.11 Å². The van der Waals surface area contributed by atoms with Gasteiger partial charge in [0.15, 0.2) is 0 Å². The highest BCUT2D eigenvalue weighted by Gasteiger charge is 2.37. The summed E-state index contributed by atoms with van der Waals surface area (Å²) in [5.74, 6) is 2.01. The van der Waals surface area contributed by atoms with E-state index in [9.17, 15) is 0 Å². The van der Waals surface area contributed by atoms with E-state index in [1.807, 2.05) is 4.90 Å². The summed E-state index contributed by atoms with van der Waals surface area (Å²) in [6, 6.07) is 0. The number of rotatable bonds is 6. The molecule has 0 bridgehead atoms. The van der Waals surface area contributed by atoms with Gasteiger partial charge in [0, 0.05) is 38.4 Å². The van der Waals surface area contributed by atoms with Gasteiger partial charge < -0.3 is 19.5 Å². The van der Waals surface area contributed by atoms with Gasteiger partial charge in [-0.15, -0.1) is 0 Å². The van der Waals surface area contributed by atoms with Gasteiger partial charge in [-0.1, -0.05) is 6.08 Å². The number of guanidine groups is 1. The molecule has 8 nitrogen and oxygen atoms in total. The number of hydrogen-bond donors (Lipinski definition) is 2. The molecule has 3 aliphatic heterocycles. The lowest BCUT2D eigenvalue weighted by molar-refractivity contribution is 0.0161. The van der Waals surface area contributed by atoms with Crippen LogP contribution >= 0.6 is 0 Å². The first-order valence-corrected chi connectivity index (χ1v) is 9.36. The van der Waals surface area contributed by atoms with Crippen molar-refractivity contribution in [3.05, 3.63) is 23.1 Å². The fourth-order valence-electron chi connectivity index (χ4n) is 3.86. The van der Waals surface area contributed by atoms with Crippen molar-refractivity contribution >= 4 is 11.8 Å². The van der Waals surface area contributed by atoms with Crippen molar-refractivity contribution in [3.63, 3.8) is 0 Å². The fourth-order valence-corrected chi connectivity index (χ4v) is 3.86. The Morgan fingerprint density at radius 2 is 2.19 bits per heavy atom. The van der Waals surface area contributed by atoms with E-state index in [0.29, 0.717) is 12.6 Å². The zero-order valence-corrected chi connectivity index (χ0v) is 15.3. The van der Waals surface area contributed by atoms with E-state index in [-0.39, 0.29) is 6.10 Å². The van der Waals surface area contributed by atoms with Crippen molar-refractivity contribution in [2.45, 2.75) is 18.9 Å². The average Bonchev–Trinajstić information content (AvgIpc) is 3.16. The van der Waals surface area contributed by atoms with Gasteiger partial charge in [-0.3, -0.25) is 20.2 Å². The molecule has 2 saturated heterocycles. The van der Waals surface area contributed by atoms with Crippen LogP contribution in [0, 0.1) is 5.41 Å². The second kappa shape index (κ2) is 7.77. The summed E-state index contributed by atoms with van der Waals surface area (Å²) in [5, 5.41) is 11.4. The van der Waals surface area contributed by atoms with E-state index in [2.05, 4.69) is 21.3 Å². The van der Waals surface area contributed by atoms with Gasteiger partial charge in [-0.05, 0) is 12.8 Å². The Morgan fingerprint density at radius 1 is 1.35 bits per heavy atom. The number of morpholine rings is 1. The van der Waals surface area contributed by atoms with Crippen LogP contribution in [0.5, 0.6) is 0 Å². The largest absolute Gasteiger partial charge is 0.496 e. The number of methoxy groups -OCH3 is 1. The summed E-state index contributed by atoms with van der Waals surface area (Å²) in [4.78, 5) is 8.88. The number of fused-ring (bicyclic) bond motifs is 3. The second-order valence-electron chi connectivity index (χ2n) is 6.79. The molecule has 0 aromatic rings. The molecule has 2 N–H and O–H groups in total. The van der Waals surface area contributed by atoms with E-state index < -0.39 is 0 Å². The summed E-state index contributed by atoms with van der Waals surface area (Å²) in [6.45, 7) is 6.88. The molecule has 4 aliphatic rings. The highest BCUT2D eigenvalue weighted by atomic mass is 16.5. The zero-order valence-electron chi connectivity index (χ0n) is 15.3. The third-order valence-electron chi connectivity index (χ3n) is 5.20. The molecule has 3 heterocycles. The molecule has 8 heteroatoms. The molecule has 0 aromatic heterocycles. The molecule has 26 heavy (non-hydrogen) atoms. The predicted molar refractivity (Wildman–Crippen MR) is 98.2 cm³/mol. The highest BCUT2D eigenvalue weighted by molar-refractivity contribution is 6.15. The summed E-state index contributed by atoms with van der Waals surface area (Å²) in [5.41, 5.74) is 1.86. The van der Waals surface area contributed by atoms with Crippen LogP contribution in [0.15, 0.2) is 28.1 Å². The molecule has 0 aromatic carbocycles. The van der Waals surface area contributed by atoms with Crippen LogP contribution in [-0.4, -0.2) is 87.4 Å². The van der Waals surface area contributed by atoms with Gasteiger partial charge in [-0.25, -0.2) is 0 Å². The van der Waals surface area contributed by atoms with Crippen LogP contribution in [0.1, 0.15) is 12.8 Å². The highest BCUT2D eigenvalue weighted by Crippen LogP contribution is 2.32. The minimum Gasteiger partial charge on any atom is -0.496 e. The number of hydrogen-bond acceptors (Lipinski definition) is 6. The third-order valence-corrected chi connectivity index (χ3v) is 5.20. The first-order valence-electron chi connectivity index (χ1n) is 9.36. The summed E-state index contributed by atoms with van der Waals surface area (Å²) < 4.78 is 17.2. The maximum Gasteiger partial charge on any atom is 0.201 e. The molecule has 1 atom stereocenters. The molecule has 1 aliphatic carbocycles. The number of amidine groups is 1. The normalized spacial score (nSPS) is 26.1. The first-order chi connectivity index (χ1) is 12.8. The Bertz CT molecular complexity index is 651.